The zero-order valence-electron chi connectivity index (χ0n) is 8.26. The number of thiophene rings is 1. The van der Waals surface area contributed by atoms with Gasteiger partial charge in [0.25, 0.3) is 0 Å². The molecule has 16 heavy (non-hydrogen) atoms. The van der Waals surface area contributed by atoms with Crippen molar-refractivity contribution in [3.8, 4) is 0 Å². The number of carboxylic acids is 1. The quantitative estimate of drug-likeness (QED) is 0.889. The van der Waals surface area contributed by atoms with Crippen molar-refractivity contribution >= 4 is 17.3 Å². The molecular weight excluding hydrogens is 227 g/mol. The molecule has 0 radical (unpaired) electrons. The summed E-state index contributed by atoms with van der Waals surface area (Å²) in [5.74, 6) is -2.43. The Labute approximate surface area is 96.0 Å². The van der Waals surface area contributed by atoms with Crippen molar-refractivity contribution in [1.82, 2.24) is 0 Å². The van der Waals surface area contributed by atoms with Crippen LogP contribution in [0.1, 0.15) is 16.4 Å². The first-order valence-corrected chi connectivity index (χ1v) is 5.58. The number of carboxylic acid groups (broad SMARTS) is 1. The molecule has 0 saturated carbocycles. The molecule has 0 spiro atoms. The molecule has 0 saturated heterocycles. The summed E-state index contributed by atoms with van der Waals surface area (Å²) in [5.41, 5.74) is 0.206. The van der Waals surface area contributed by atoms with Crippen LogP contribution in [0, 0.1) is 5.82 Å². The van der Waals surface area contributed by atoms with Gasteiger partial charge in [0.1, 0.15) is 11.7 Å². The lowest BCUT2D eigenvalue weighted by molar-refractivity contribution is -0.137. The Bertz CT molecular complexity index is 493. The maximum atomic E-state index is 13.5. The number of halogens is 1. The predicted molar refractivity (Wildman–Crippen MR) is 60.2 cm³/mol. The highest BCUT2D eigenvalue weighted by Crippen LogP contribution is 2.30. The van der Waals surface area contributed by atoms with Crippen molar-refractivity contribution in [2.75, 3.05) is 0 Å². The van der Waals surface area contributed by atoms with Gasteiger partial charge in [-0.05, 0) is 17.5 Å². The molecule has 1 heterocycles. The molecule has 0 aliphatic carbocycles. The first-order chi connectivity index (χ1) is 7.70. The number of hydrogen-bond acceptors (Lipinski definition) is 2. The third kappa shape index (κ3) is 1.97. The Kier molecular flexibility index (Phi) is 3.01. The minimum absolute atomic E-state index is 0.206. The second kappa shape index (κ2) is 4.45. The van der Waals surface area contributed by atoms with Crippen molar-refractivity contribution in [2.24, 2.45) is 0 Å². The fourth-order valence-corrected chi connectivity index (χ4v) is 2.41. The number of hydrogen-bond donors (Lipinski definition) is 1. The van der Waals surface area contributed by atoms with E-state index in [4.69, 9.17) is 5.11 Å². The first-order valence-electron chi connectivity index (χ1n) is 4.71. The lowest BCUT2D eigenvalue weighted by Crippen LogP contribution is -2.13. The van der Waals surface area contributed by atoms with Crippen LogP contribution < -0.4 is 0 Å². The monoisotopic (exact) mass is 236 g/mol. The van der Waals surface area contributed by atoms with Crippen LogP contribution in [0.3, 0.4) is 0 Å². The normalized spacial score (nSPS) is 12.3. The molecule has 0 aliphatic rings. The number of benzene rings is 1. The van der Waals surface area contributed by atoms with Gasteiger partial charge in [0.2, 0.25) is 0 Å². The zero-order chi connectivity index (χ0) is 11.5. The zero-order valence-corrected chi connectivity index (χ0v) is 9.08. The Morgan fingerprint density at radius 3 is 2.56 bits per heavy atom. The van der Waals surface area contributed by atoms with Crippen LogP contribution in [0.5, 0.6) is 0 Å². The molecule has 0 amide bonds. The maximum absolute atomic E-state index is 13.5. The van der Waals surface area contributed by atoms with Crippen LogP contribution in [0.25, 0.3) is 0 Å². The van der Waals surface area contributed by atoms with Crippen LogP contribution in [-0.4, -0.2) is 11.1 Å². The molecule has 0 aliphatic heterocycles. The molecule has 1 N–H and O–H groups in total. The molecule has 1 atom stereocenters. The highest BCUT2D eigenvalue weighted by Gasteiger charge is 2.25. The molecule has 1 aromatic carbocycles. The van der Waals surface area contributed by atoms with E-state index in [1.54, 1.807) is 29.6 Å². The Hall–Kier alpha value is -1.68. The lowest BCUT2D eigenvalue weighted by atomic mass is 9.97. The Morgan fingerprint density at radius 2 is 2.00 bits per heavy atom. The van der Waals surface area contributed by atoms with E-state index in [9.17, 15) is 9.18 Å². The summed E-state index contributed by atoms with van der Waals surface area (Å²) >= 11 is 1.32. The summed E-state index contributed by atoms with van der Waals surface area (Å²) in [6.07, 6.45) is 0. The summed E-state index contributed by atoms with van der Waals surface area (Å²) < 4.78 is 13.5. The van der Waals surface area contributed by atoms with Crippen molar-refractivity contribution in [1.29, 1.82) is 0 Å². The molecule has 0 bridgehead atoms. The number of aliphatic carboxylic acids is 1. The summed E-state index contributed by atoms with van der Waals surface area (Å²) in [6.45, 7) is 0. The summed E-state index contributed by atoms with van der Waals surface area (Å²) in [5, 5.41) is 10.9. The second-order valence-corrected chi connectivity index (χ2v) is 4.29. The van der Waals surface area contributed by atoms with E-state index in [-0.39, 0.29) is 5.56 Å². The minimum Gasteiger partial charge on any atom is -0.481 e. The fraction of sp³-hybridized carbons (Fsp3) is 0.0833. The van der Waals surface area contributed by atoms with Crippen molar-refractivity contribution < 1.29 is 14.3 Å². The molecular formula is C12H9FO2S. The third-order valence-corrected chi connectivity index (χ3v) is 3.23. The van der Waals surface area contributed by atoms with Crippen LogP contribution in [0.4, 0.5) is 4.39 Å². The van der Waals surface area contributed by atoms with Gasteiger partial charge in [0, 0.05) is 10.4 Å². The first kappa shape index (κ1) is 10.8. The SMILES string of the molecule is O=C(O)C(c1cccs1)c1ccccc1F. The van der Waals surface area contributed by atoms with E-state index in [2.05, 4.69) is 0 Å². The van der Waals surface area contributed by atoms with Crippen LogP contribution in [0.2, 0.25) is 0 Å². The van der Waals surface area contributed by atoms with Crippen molar-refractivity contribution in [2.45, 2.75) is 5.92 Å². The summed E-state index contributed by atoms with van der Waals surface area (Å²) in [7, 11) is 0. The highest BCUT2D eigenvalue weighted by molar-refractivity contribution is 7.10. The van der Waals surface area contributed by atoms with Crippen LogP contribution in [0.15, 0.2) is 41.8 Å². The van der Waals surface area contributed by atoms with E-state index >= 15 is 0 Å². The smallest absolute Gasteiger partial charge is 0.316 e. The Balaban J connectivity index is 2.50. The fourth-order valence-electron chi connectivity index (χ4n) is 1.57. The van der Waals surface area contributed by atoms with E-state index in [0.717, 1.165) is 0 Å². The number of carbonyl (C=O) groups is 1. The molecule has 4 heteroatoms. The van der Waals surface area contributed by atoms with Crippen LogP contribution >= 0.6 is 11.3 Å². The molecule has 1 aromatic heterocycles. The standard InChI is InChI=1S/C12H9FO2S/c13-9-5-2-1-4-8(9)11(12(14)15)10-6-3-7-16-10/h1-7,11H,(H,14,15). The molecule has 1 unspecified atom stereocenters. The van der Waals surface area contributed by atoms with Gasteiger partial charge in [0.05, 0.1) is 0 Å². The minimum atomic E-state index is -1.03. The predicted octanol–water partition coefficient (Wildman–Crippen LogP) is 3.10. The molecule has 82 valence electrons. The largest absolute Gasteiger partial charge is 0.481 e. The van der Waals surface area contributed by atoms with Gasteiger partial charge in [-0.2, -0.15) is 0 Å². The molecule has 2 aromatic rings. The molecule has 2 nitrogen and oxygen atoms in total. The number of rotatable bonds is 3. The van der Waals surface area contributed by atoms with Crippen molar-refractivity contribution in [3.63, 3.8) is 0 Å². The van der Waals surface area contributed by atoms with Gasteiger partial charge in [-0.1, -0.05) is 24.3 Å². The summed E-state index contributed by atoms with van der Waals surface area (Å²) in [6, 6.07) is 9.44. The van der Waals surface area contributed by atoms with Gasteiger partial charge in [-0.3, -0.25) is 4.79 Å². The van der Waals surface area contributed by atoms with Gasteiger partial charge >= 0.3 is 5.97 Å². The van der Waals surface area contributed by atoms with Crippen LogP contribution in [-0.2, 0) is 4.79 Å². The maximum Gasteiger partial charge on any atom is 0.316 e. The molecule has 2 rings (SSSR count). The topological polar surface area (TPSA) is 37.3 Å². The van der Waals surface area contributed by atoms with E-state index in [1.165, 1.54) is 23.5 Å². The van der Waals surface area contributed by atoms with Gasteiger partial charge < -0.3 is 5.11 Å². The third-order valence-electron chi connectivity index (χ3n) is 2.29. The average molecular weight is 236 g/mol. The van der Waals surface area contributed by atoms with Gasteiger partial charge in [-0.25, -0.2) is 4.39 Å². The molecule has 0 fully saturated rings. The second-order valence-electron chi connectivity index (χ2n) is 3.31. The van der Waals surface area contributed by atoms with E-state index in [0.29, 0.717) is 4.88 Å². The Morgan fingerprint density at radius 1 is 1.25 bits per heavy atom. The van der Waals surface area contributed by atoms with E-state index in [1.807, 2.05) is 0 Å². The van der Waals surface area contributed by atoms with Gasteiger partial charge in [0.15, 0.2) is 0 Å². The van der Waals surface area contributed by atoms with Gasteiger partial charge in [-0.15, -0.1) is 11.3 Å². The van der Waals surface area contributed by atoms with Crippen molar-refractivity contribution in [3.05, 3.63) is 58.0 Å². The van der Waals surface area contributed by atoms with E-state index < -0.39 is 17.7 Å². The lowest BCUT2D eigenvalue weighted by Gasteiger charge is -2.11. The average Bonchev–Trinajstić information content (AvgIpc) is 2.74. The summed E-state index contributed by atoms with van der Waals surface area (Å²) in [4.78, 5) is 11.8. The highest BCUT2D eigenvalue weighted by atomic mass is 32.1.